The molecule has 2 rings (SSSR count). The molecule has 1 fully saturated rings. The van der Waals surface area contributed by atoms with Gasteiger partial charge in [-0.25, -0.2) is 0 Å². The predicted octanol–water partition coefficient (Wildman–Crippen LogP) is 2.00. The minimum atomic E-state index is 0.270. The van der Waals surface area contributed by atoms with E-state index in [0.717, 1.165) is 43.5 Å². The van der Waals surface area contributed by atoms with E-state index in [4.69, 9.17) is 0 Å². The molecule has 1 saturated heterocycles. The normalized spacial score (nSPS) is 26.4. The third-order valence-electron chi connectivity index (χ3n) is 3.36. The molecule has 0 bridgehead atoms. The SMILES string of the molecule is CCCC1=C(C)NC2CCCCN2C1=O. The van der Waals surface area contributed by atoms with Crippen LogP contribution in [0.5, 0.6) is 0 Å². The van der Waals surface area contributed by atoms with E-state index < -0.39 is 0 Å². The largest absolute Gasteiger partial charge is 0.368 e. The maximum absolute atomic E-state index is 12.2. The van der Waals surface area contributed by atoms with Gasteiger partial charge in [0.2, 0.25) is 0 Å². The molecule has 1 unspecified atom stereocenters. The summed E-state index contributed by atoms with van der Waals surface area (Å²) in [6, 6.07) is 0. The van der Waals surface area contributed by atoms with E-state index in [1.807, 2.05) is 11.8 Å². The third kappa shape index (κ3) is 1.87. The molecule has 3 nitrogen and oxygen atoms in total. The van der Waals surface area contributed by atoms with Crippen molar-refractivity contribution in [3.63, 3.8) is 0 Å². The Kier molecular flexibility index (Phi) is 2.98. The molecule has 2 heterocycles. The third-order valence-corrected chi connectivity index (χ3v) is 3.36. The van der Waals surface area contributed by atoms with Crippen molar-refractivity contribution in [1.82, 2.24) is 10.2 Å². The van der Waals surface area contributed by atoms with E-state index in [1.54, 1.807) is 0 Å². The number of piperidine rings is 1. The number of hydrogen-bond acceptors (Lipinski definition) is 2. The van der Waals surface area contributed by atoms with Gasteiger partial charge in [0, 0.05) is 17.8 Å². The fraction of sp³-hybridized carbons (Fsp3) is 0.750. The number of amides is 1. The molecule has 1 atom stereocenters. The van der Waals surface area contributed by atoms with Crippen LogP contribution < -0.4 is 5.32 Å². The molecule has 0 spiro atoms. The van der Waals surface area contributed by atoms with Crippen molar-refractivity contribution >= 4 is 5.91 Å². The predicted molar refractivity (Wildman–Crippen MR) is 60.1 cm³/mol. The number of allylic oxidation sites excluding steroid dienone is 1. The molecule has 2 aliphatic heterocycles. The van der Waals surface area contributed by atoms with Gasteiger partial charge in [-0.05, 0) is 32.6 Å². The van der Waals surface area contributed by atoms with Crippen molar-refractivity contribution in [3.05, 3.63) is 11.3 Å². The summed E-state index contributed by atoms with van der Waals surface area (Å²) in [6.45, 7) is 5.09. The van der Waals surface area contributed by atoms with Gasteiger partial charge in [-0.2, -0.15) is 0 Å². The number of carbonyl (C=O) groups excluding carboxylic acids is 1. The van der Waals surface area contributed by atoms with E-state index in [-0.39, 0.29) is 12.1 Å². The quantitative estimate of drug-likeness (QED) is 0.752. The van der Waals surface area contributed by atoms with Gasteiger partial charge in [0.1, 0.15) is 6.17 Å². The van der Waals surface area contributed by atoms with Gasteiger partial charge in [-0.3, -0.25) is 4.79 Å². The fourth-order valence-corrected chi connectivity index (χ4v) is 2.54. The first-order chi connectivity index (χ1) is 7.24. The summed E-state index contributed by atoms with van der Waals surface area (Å²) in [7, 11) is 0. The number of carbonyl (C=O) groups is 1. The second kappa shape index (κ2) is 4.25. The zero-order valence-electron chi connectivity index (χ0n) is 9.68. The first-order valence-corrected chi connectivity index (χ1v) is 6.01. The molecule has 0 radical (unpaired) electrons. The molecule has 84 valence electrons. The summed E-state index contributed by atoms with van der Waals surface area (Å²) in [5.74, 6) is 0.276. The number of fused-ring (bicyclic) bond motifs is 1. The Morgan fingerprint density at radius 3 is 3.00 bits per heavy atom. The standard InChI is InChI=1S/C12H20N2O/c1-3-6-10-9(2)13-11-7-4-5-8-14(11)12(10)15/h11,13H,3-8H2,1-2H3. The Morgan fingerprint density at radius 2 is 2.27 bits per heavy atom. The summed E-state index contributed by atoms with van der Waals surface area (Å²) in [5.41, 5.74) is 2.10. The lowest BCUT2D eigenvalue weighted by atomic mass is 9.99. The molecule has 0 aromatic heterocycles. The number of hydrogen-bond donors (Lipinski definition) is 1. The highest BCUT2D eigenvalue weighted by Gasteiger charge is 2.33. The molecule has 0 aliphatic carbocycles. The monoisotopic (exact) mass is 208 g/mol. The second-order valence-electron chi connectivity index (χ2n) is 4.51. The molecule has 15 heavy (non-hydrogen) atoms. The van der Waals surface area contributed by atoms with Crippen LogP contribution in [0.3, 0.4) is 0 Å². The number of nitrogens with zero attached hydrogens (tertiary/aromatic N) is 1. The van der Waals surface area contributed by atoms with Gasteiger partial charge in [0.25, 0.3) is 5.91 Å². The summed E-state index contributed by atoms with van der Waals surface area (Å²) >= 11 is 0. The van der Waals surface area contributed by atoms with Gasteiger partial charge in [0.15, 0.2) is 0 Å². The van der Waals surface area contributed by atoms with Crippen molar-refractivity contribution < 1.29 is 4.79 Å². The van der Waals surface area contributed by atoms with E-state index in [1.165, 1.54) is 6.42 Å². The first-order valence-electron chi connectivity index (χ1n) is 6.01. The van der Waals surface area contributed by atoms with Crippen LogP contribution in [0.2, 0.25) is 0 Å². The lowest BCUT2D eigenvalue weighted by Crippen LogP contribution is -2.55. The smallest absolute Gasteiger partial charge is 0.253 e. The molecule has 1 N–H and O–H groups in total. The maximum Gasteiger partial charge on any atom is 0.253 e. The van der Waals surface area contributed by atoms with Gasteiger partial charge >= 0.3 is 0 Å². The fourth-order valence-electron chi connectivity index (χ4n) is 2.54. The van der Waals surface area contributed by atoms with Crippen LogP contribution in [0.1, 0.15) is 46.0 Å². The maximum atomic E-state index is 12.2. The molecule has 0 aromatic carbocycles. The van der Waals surface area contributed by atoms with Gasteiger partial charge in [-0.15, -0.1) is 0 Å². The van der Waals surface area contributed by atoms with Gasteiger partial charge < -0.3 is 10.2 Å². The minimum absolute atomic E-state index is 0.270. The van der Waals surface area contributed by atoms with Crippen molar-refractivity contribution in [2.75, 3.05) is 6.54 Å². The number of rotatable bonds is 2. The van der Waals surface area contributed by atoms with Crippen LogP contribution in [0.25, 0.3) is 0 Å². The first kappa shape index (κ1) is 10.5. The highest BCUT2D eigenvalue weighted by molar-refractivity contribution is 5.95. The van der Waals surface area contributed by atoms with E-state index in [0.29, 0.717) is 0 Å². The van der Waals surface area contributed by atoms with Gasteiger partial charge in [-0.1, -0.05) is 13.3 Å². The molecule has 0 saturated carbocycles. The Labute approximate surface area is 91.5 Å². The molecule has 0 aromatic rings. The second-order valence-corrected chi connectivity index (χ2v) is 4.51. The van der Waals surface area contributed by atoms with E-state index >= 15 is 0 Å². The van der Waals surface area contributed by atoms with Crippen molar-refractivity contribution in [2.24, 2.45) is 0 Å². The highest BCUT2D eigenvalue weighted by atomic mass is 16.2. The summed E-state index contributed by atoms with van der Waals surface area (Å²) < 4.78 is 0. The van der Waals surface area contributed by atoms with Crippen molar-refractivity contribution in [1.29, 1.82) is 0 Å². The molecule has 2 aliphatic rings. The van der Waals surface area contributed by atoms with Crippen molar-refractivity contribution in [2.45, 2.75) is 52.1 Å². The molecule has 1 amide bonds. The highest BCUT2D eigenvalue weighted by Crippen LogP contribution is 2.25. The lowest BCUT2D eigenvalue weighted by Gasteiger charge is -2.41. The summed E-state index contributed by atoms with van der Waals surface area (Å²) in [4.78, 5) is 14.2. The Balaban J connectivity index is 2.20. The molecular formula is C12H20N2O. The zero-order valence-corrected chi connectivity index (χ0v) is 9.68. The topological polar surface area (TPSA) is 32.3 Å². The Morgan fingerprint density at radius 1 is 1.47 bits per heavy atom. The minimum Gasteiger partial charge on any atom is -0.368 e. The van der Waals surface area contributed by atoms with Crippen LogP contribution in [-0.2, 0) is 4.79 Å². The van der Waals surface area contributed by atoms with E-state index in [9.17, 15) is 4.79 Å². The van der Waals surface area contributed by atoms with Crippen LogP contribution in [0.4, 0.5) is 0 Å². The average Bonchev–Trinajstić information content (AvgIpc) is 2.24. The summed E-state index contributed by atoms with van der Waals surface area (Å²) in [5, 5.41) is 3.47. The van der Waals surface area contributed by atoms with Gasteiger partial charge in [0.05, 0.1) is 0 Å². The zero-order chi connectivity index (χ0) is 10.8. The lowest BCUT2D eigenvalue weighted by molar-refractivity contribution is -0.132. The van der Waals surface area contributed by atoms with Crippen LogP contribution in [0, 0.1) is 0 Å². The van der Waals surface area contributed by atoms with Crippen molar-refractivity contribution in [3.8, 4) is 0 Å². The Hall–Kier alpha value is -0.990. The Bertz CT molecular complexity index is 296. The van der Waals surface area contributed by atoms with Crippen LogP contribution >= 0.6 is 0 Å². The average molecular weight is 208 g/mol. The van der Waals surface area contributed by atoms with Crippen LogP contribution in [-0.4, -0.2) is 23.5 Å². The molecular weight excluding hydrogens is 188 g/mol. The van der Waals surface area contributed by atoms with E-state index in [2.05, 4.69) is 12.2 Å². The molecule has 3 heteroatoms. The summed E-state index contributed by atoms with van der Waals surface area (Å²) in [6.07, 6.45) is 5.70. The van der Waals surface area contributed by atoms with Crippen LogP contribution in [0.15, 0.2) is 11.3 Å². The number of nitrogens with one attached hydrogen (secondary N) is 1.